The lowest BCUT2D eigenvalue weighted by Gasteiger charge is -2.07. The van der Waals surface area contributed by atoms with Crippen molar-refractivity contribution in [3.63, 3.8) is 0 Å². The number of carbonyl (C=O) groups excluding carboxylic acids is 1. The Labute approximate surface area is 80.5 Å². The summed E-state index contributed by atoms with van der Waals surface area (Å²) in [6.45, 7) is -0.455. The molecule has 0 saturated heterocycles. The molecule has 0 aliphatic carbocycles. The first-order valence-electron chi connectivity index (χ1n) is 4.22. The number of rotatable bonds is 5. The molecule has 0 atom stereocenters. The summed E-state index contributed by atoms with van der Waals surface area (Å²) in [6, 6.07) is 4.06. The summed E-state index contributed by atoms with van der Waals surface area (Å²) >= 11 is 0. The molecule has 0 spiro atoms. The van der Waals surface area contributed by atoms with Crippen molar-refractivity contribution in [3.05, 3.63) is 29.6 Å². The predicted octanol–water partition coefficient (Wildman–Crippen LogP) is 2.38. The zero-order valence-electron chi connectivity index (χ0n) is 7.50. The van der Waals surface area contributed by atoms with Crippen molar-refractivity contribution in [3.8, 4) is 5.75 Å². The molecule has 2 nitrogen and oxygen atoms in total. The summed E-state index contributed by atoms with van der Waals surface area (Å²) in [5.41, 5.74) is 0.142. The van der Waals surface area contributed by atoms with Gasteiger partial charge in [-0.15, -0.1) is 0 Å². The second kappa shape index (κ2) is 5.32. The molecule has 0 radical (unpaired) electrons. The molecule has 0 aromatic heterocycles. The molecule has 0 saturated carbocycles. The quantitative estimate of drug-likeness (QED) is 0.538. The van der Waals surface area contributed by atoms with Crippen LogP contribution < -0.4 is 4.74 Å². The number of ether oxygens (including phenoxy) is 1. The predicted molar refractivity (Wildman–Crippen MR) is 47.9 cm³/mol. The maximum atomic E-state index is 13.1. The van der Waals surface area contributed by atoms with Crippen molar-refractivity contribution in [2.24, 2.45) is 0 Å². The largest absolute Gasteiger partial charge is 0.490 e. The molecule has 1 rings (SSSR count). The van der Waals surface area contributed by atoms with E-state index in [0.29, 0.717) is 6.29 Å². The van der Waals surface area contributed by atoms with E-state index in [1.807, 2.05) is 0 Å². The van der Waals surface area contributed by atoms with Crippen LogP contribution >= 0.6 is 0 Å². The molecule has 0 unspecified atom stereocenters. The molecular weight excluding hydrogens is 190 g/mol. The number of hydrogen-bond acceptors (Lipinski definition) is 2. The van der Waals surface area contributed by atoms with Gasteiger partial charge in [0.25, 0.3) is 0 Å². The van der Waals surface area contributed by atoms with E-state index in [2.05, 4.69) is 0 Å². The minimum atomic E-state index is -0.603. The van der Waals surface area contributed by atoms with Crippen LogP contribution in [0.4, 0.5) is 8.78 Å². The van der Waals surface area contributed by atoms with Crippen molar-refractivity contribution >= 4 is 6.29 Å². The molecule has 0 heterocycles. The van der Waals surface area contributed by atoms with Crippen LogP contribution in [0.15, 0.2) is 18.2 Å². The van der Waals surface area contributed by atoms with Crippen molar-refractivity contribution < 1.29 is 18.3 Å². The van der Waals surface area contributed by atoms with Crippen LogP contribution in [0.2, 0.25) is 0 Å². The number of benzene rings is 1. The molecule has 1 aromatic carbocycles. The van der Waals surface area contributed by atoms with E-state index in [9.17, 15) is 13.6 Å². The number of halogens is 2. The van der Waals surface area contributed by atoms with Gasteiger partial charge in [0.15, 0.2) is 17.9 Å². The van der Waals surface area contributed by atoms with Gasteiger partial charge in [-0.05, 0) is 12.1 Å². The van der Waals surface area contributed by atoms with Gasteiger partial charge in [-0.25, -0.2) is 4.39 Å². The maximum absolute atomic E-state index is 13.1. The number of alkyl halides is 1. The molecule has 0 aliphatic rings. The summed E-state index contributed by atoms with van der Waals surface area (Å²) in [7, 11) is 0. The van der Waals surface area contributed by atoms with Crippen LogP contribution in [0.3, 0.4) is 0 Å². The van der Waals surface area contributed by atoms with Gasteiger partial charge in [0, 0.05) is 6.42 Å². The van der Waals surface area contributed by atoms with Crippen LogP contribution in [0.1, 0.15) is 16.8 Å². The fraction of sp³-hybridized carbons (Fsp3) is 0.300. The highest BCUT2D eigenvalue weighted by Gasteiger charge is 2.08. The van der Waals surface area contributed by atoms with E-state index in [1.165, 1.54) is 18.2 Å². The number of carbonyl (C=O) groups is 1. The van der Waals surface area contributed by atoms with Crippen LogP contribution in [0, 0.1) is 5.82 Å². The zero-order chi connectivity index (χ0) is 10.4. The summed E-state index contributed by atoms with van der Waals surface area (Å²) in [5.74, 6) is -0.704. The second-order valence-electron chi connectivity index (χ2n) is 2.67. The summed E-state index contributed by atoms with van der Waals surface area (Å²) < 4.78 is 29.8. The first-order chi connectivity index (χ1) is 6.79. The topological polar surface area (TPSA) is 26.3 Å². The summed E-state index contributed by atoms with van der Waals surface area (Å²) in [5, 5.41) is 0. The van der Waals surface area contributed by atoms with Gasteiger partial charge in [0.2, 0.25) is 0 Å². The SMILES string of the molecule is O=Cc1cccc(F)c1OCCCF. The standard InChI is InChI=1S/C10H10F2O2/c11-5-2-6-14-10-8(7-13)3-1-4-9(10)12/h1,3-4,7H,2,5-6H2. The smallest absolute Gasteiger partial charge is 0.165 e. The van der Waals surface area contributed by atoms with E-state index >= 15 is 0 Å². The van der Waals surface area contributed by atoms with Gasteiger partial charge in [-0.3, -0.25) is 9.18 Å². The maximum Gasteiger partial charge on any atom is 0.165 e. The monoisotopic (exact) mass is 200 g/mol. The average molecular weight is 200 g/mol. The minimum absolute atomic E-state index is 0.0677. The third-order valence-electron chi connectivity index (χ3n) is 1.65. The highest BCUT2D eigenvalue weighted by atomic mass is 19.1. The Morgan fingerprint density at radius 1 is 1.43 bits per heavy atom. The third-order valence-corrected chi connectivity index (χ3v) is 1.65. The first kappa shape index (κ1) is 10.6. The van der Waals surface area contributed by atoms with Crippen molar-refractivity contribution in [2.75, 3.05) is 13.3 Å². The molecule has 1 aromatic rings. The van der Waals surface area contributed by atoms with E-state index < -0.39 is 12.5 Å². The lowest BCUT2D eigenvalue weighted by atomic mass is 10.2. The minimum Gasteiger partial charge on any atom is -0.490 e. The molecule has 0 amide bonds. The third kappa shape index (κ3) is 2.52. The molecule has 76 valence electrons. The van der Waals surface area contributed by atoms with Gasteiger partial charge >= 0.3 is 0 Å². The van der Waals surface area contributed by atoms with Gasteiger partial charge in [0.05, 0.1) is 18.8 Å². The Hall–Kier alpha value is -1.45. The van der Waals surface area contributed by atoms with E-state index in [1.54, 1.807) is 0 Å². The first-order valence-corrected chi connectivity index (χ1v) is 4.22. The molecule has 14 heavy (non-hydrogen) atoms. The van der Waals surface area contributed by atoms with E-state index in [0.717, 1.165) is 0 Å². The highest BCUT2D eigenvalue weighted by molar-refractivity contribution is 5.79. The Kier molecular flexibility index (Phi) is 4.04. The molecule has 0 N–H and O–H groups in total. The summed E-state index contributed by atoms with van der Waals surface area (Å²) in [4.78, 5) is 10.5. The number of para-hydroxylation sites is 1. The lowest BCUT2D eigenvalue weighted by Crippen LogP contribution is -2.02. The number of aldehydes is 1. The van der Waals surface area contributed by atoms with Gasteiger partial charge in [-0.2, -0.15) is 0 Å². The average Bonchev–Trinajstić information content (AvgIpc) is 2.20. The van der Waals surface area contributed by atoms with E-state index in [-0.39, 0.29) is 24.3 Å². The molecule has 0 aliphatic heterocycles. The normalized spacial score (nSPS) is 9.86. The highest BCUT2D eigenvalue weighted by Crippen LogP contribution is 2.20. The van der Waals surface area contributed by atoms with Gasteiger partial charge in [-0.1, -0.05) is 6.07 Å². The fourth-order valence-corrected chi connectivity index (χ4v) is 0.999. The van der Waals surface area contributed by atoms with Crippen LogP contribution in [-0.2, 0) is 0 Å². The van der Waals surface area contributed by atoms with Crippen molar-refractivity contribution in [1.82, 2.24) is 0 Å². The fourth-order valence-electron chi connectivity index (χ4n) is 0.999. The van der Waals surface area contributed by atoms with Gasteiger partial charge in [0.1, 0.15) is 0 Å². The van der Waals surface area contributed by atoms with Gasteiger partial charge < -0.3 is 4.74 Å². The summed E-state index contributed by atoms with van der Waals surface area (Å²) in [6.07, 6.45) is 0.695. The van der Waals surface area contributed by atoms with Crippen molar-refractivity contribution in [2.45, 2.75) is 6.42 Å². The second-order valence-corrected chi connectivity index (χ2v) is 2.67. The van der Waals surface area contributed by atoms with Crippen LogP contribution in [0.25, 0.3) is 0 Å². The zero-order valence-corrected chi connectivity index (χ0v) is 7.50. The molecule has 4 heteroatoms. The number of hydrogen-bond donors (Lipinski definition) is 0. The Morgan fingerprint density at radius 2 is 2.21 bits per heavy atom. The Bertz CT molecular complexity index is 313. The van der Waals surface area contributed by atoms with E-state index in [4.69, 9.17) is 4.74 Å². The molecule has 0 bridgehead atoms. The Morgan fingerprint density at radius 3 is 2.86 bits per heavy atom. The molecule has 0 fully saturated rings. The molecular formula is C10H10F2O2. The van der Waals surface area contributed by atoms with Crippen LogP contribution in [0.5, 0.6) is 5.75 Å². The van der Waals surface area contributed by atoms with Crippen LogP contribution in [-0.4, -0.2) is 19.6 Å². The Balaban J connectivity index is 2.77. The van der Waals surface area contributed by atoms with Crippen molar-refractivity contribution in [1.29, 1.82) is 0 Å². The lowest BCUT2D eigenvalue weighted by molar-refractivity contribution is 0.111.